The first kappa shape index (κ1) is 27.1. The highest BCUT2D eigenvalue weighted by atomic mass is 35.5. The van der Waals surface area contributed by atoms with E-state index in [9.17, 15) is 13.2 Å². The molecule has 1 unspecified atom stereocenters. The molecule has 38 heavy (non-hydrogen) atoms. The lowest BCUT2D eigenvalue weighted by molar-refractivity contribution is 0.00922. The van der Waals surface area contributed by atoms with E-state index in [0.29, 0.717) is 28.4 Å². The van der Waals surface area contributed by atoms with E-state index in [1.807, 2.05) is 43.3 Å². The Morgan fingerprint density at radius 3 is 2.39 bits per heavy atom. The van der Waals surface area contributed by atoms with E-state index in [2.05, 4.69) is 30.0 Å². The van der Waals surface area contributed by atoms with Gasteiger partial charge in [-0.3, -0.25) is 10.0 Å². The summed E-state index contributed by atoms with van der Waals surface area (Å²) in [5.41, 5.74) is 4.74. The molecule has 0 aromatic heterocycles. The zero-order chi connectivity index (χ0) is 27.4. The molecule has 0 N–H and O–H groups in total. The minimum Gasteiger partial charge on any atom is -0.264 e. The number of hydrogen-bond acceptors (Lipinski definition) is 3. The number of hydrazone groups is 1. The Morgan fingerprint density at radius 1 is 1.11 bits per heavy atom. The lowest BCUT2D eigenvalue weighted by atomic mass is 9.88. The van der Waals surface area contributed by atoms with Crippen LogP contribution in [0.25, 0.3) is 5.57 Å². The van der Waals surface area contributed by atoms with Crippen molar-refractivity contribution in [3.63, 3.8) is 0 Å². The second-order valence-corrected chi connectivity index (χ2v) is 9.43. The summed E-state index contributed by atoms with van der Waals surface area (Å²) in [5.74, 6) is -3.67. The minimum absolute atomic E-state index is 0.307. The predicted molar refractivity (Wildman–Crippen MR) is 151 cm³/mol. The lowest BCUT2D eigenvalue weighted by Gasteiger charge is -2.30. The minimum atomic E-state index is -3.25. The van der Waals surface area contributed by atoms with E-state index in [1.54, 1.807) is 24.3 Å². The van der Waals surface area contributed by atoms with E-state index in [0.717, 1.165) is 28.3 Å². The normalized spacial score (nSPS) is 16.1. The Kier molecular flexibility index (Phi) is 8.02. The van der Waals surface area contributed by atoms with Crippen molar-refractivity contribution >= 4 is 35.3 Å². The summed E-state index contributed by atoms with van der Waals surface area (Å²) in [5, 5.41) is 6.52. The van der Waals surface area contributed by atoms with Crippen molar-refractivity contribution in [2.24, 2.45) is 10.1 Å². The van der Waals surface area contributed by atoms with Crippen LogP contribution in [-0.4, -0.2) is 23.4 Å². The van der Waals surface area contributed by atoms with Gasteiger partial charge >= 0.3 is 0 Å². The SMILES string of the molecule is C=CCC(F)(F)C(=C)N1N=C(/C(C)=C(\c2ccc(Cl)cc2)c2ccccc2N=C)CC1c1ccc(F)cc1. The molecule has 3 aromatic carbocycles. The van der Waals surface area contributed by atoms with Gasteiger partial charge in [0.05, 0.1) is 23.1 Å². The second-order valence-electron chi connectivity index (χ2n) is 8.99. The number of allylic oxidation sites excluding steroid dienone is 3. The van der Waals surface area contributed by atoms with Crippen LogP contribution >= 0.6 is 11.6 Å². The molecular weight excluding hydrogens is 507 g/mol. The van der Waals surface area contributed by atoms with Gasteiger partial charge < -0.3 is 0 Å². The second kappa shape index (κ2) is 11.2. The summed E-state index contributed by atoms with van der Waals surface area (Å²) in [4.78, 5) is 4.19. The van der Waals surface area contributed by atoms with Crippen molar-refractivity contribution in [3.05, 3.63) is 131 Å². The van der Waals surface area contributed by atoms with Crippen LogP contribution in [0.3, 0.4) is 0 Å². The molecule has 1 heterocycles. The Labute approximate surface area is 226 Å². The average Bonchev–Trinajstić information content (AvgIpc) is 3.35. The topological polar surface area (TPSA) is 28.0 Å². The van der Waals surface area contributed by atoms with Crippen molar-refractivity contribution in [1.29, 1.82) is 0 Å². The maximum absolute atomic E-state index is 15.0. The van der Waals surface area contributed by atoms with Crippen molar-refractivity contribution in [3.8, 4) is 0 Å². The fourth-order valence-electron chi connectivity index (χ4n) is 4.56. The van der Waals surface area contributed by atoms with E-state index >= 15 is 0 Å². The van der Waals surface area contributed by atoms with Crippen LogP contribution in [0, 0.1) is 5.82 Å². The van der Waals surface area contributed by atoms with E-state index in [1.165, 1.54) is 17.1 Å². The van der Waals surface area contributed by atoms with Crippen molar-refractivity contribution in [1.82, 2.24) is 5.01 Å². The standard InChI is InChI=1S/C31H27ClF3N3/c1-5-18-31(34,35)21(3)38-29(22-12-16-25(33)17-13-22)19-28(37-38)20(2)30(23-10-14-24(32)15-11-23)26-8-6-7-9-27(26)36-4/h5-17,29H,1,3-4,18-19H2,2H3/b30-20+. The number of para-hydroxylation sites is 1. The molecule has 1 aliphatic heterocycles. The van der Waals surface area contributed by atoms with Gasteiger partial charge in [-0.25, -0.2) is 4.39 Å². The summed E-state index contributed by atoms with van der Waals surface area (Å²) in [6, 6.07) is 20.1. The maximum Gasteiger partial charge on any atom is 0.292 e. The lowest BCUT2D eigenvalue weighted by Crippen LogP contribution is -2.30. The molecule has 1 atom stereocenters. The van der Waals surface area contributed by atoms with Crippen molar-refractivity contribution in [2.75, 3.05) is 0 Å². The molecule has 1 aliphatic rings. The Morgan fingerprint density at radius 2 is 1.76 bits per heavy atom. The molecule has 4 rings (SSSR count). The first-order chi connectivity index (χ1) is 18.2. The van der Waals surface area contributed by atoms with E-state index in [-0.39, 0.29) is 0 Å². The van der Waals surface area contributed by atoms with Crippen LogP contribution < -0.4 is 0 Å². The molecule has 194 valence electrons. The molecule has 0 saturated carbocycles. The van der Waals surface area contributed by atoms with Crippen LogP contribution in [0.4, 0.5) is 18.9 Å². The van der Waals surface area contributed by atoms with Crippen molar-refractivity contribution < 1.29 is 13.2 Å². The zero-order valence-electron chi connectivity index (χ0n) is 21.0. The predicted octanol–water partition coefficient (Wildman–Crippen LogP) is 9.16. The van der Waals surface area contributed by atoms with Crippen LogP contribution in [0.5, 0.6) is 0 Å². The fourth-order valence-corrected chi connectivity index (χ4v) is 4.68. The van der Waals surface area contributed by atoms with E-state index in [4.69, 9.17) is 11.6 Å². The van der Waals surface area contributed by atoms with Gasteiger partial charge in [0.1, 0.15) is 5.82 Å². The quantitative estimate of drug-likeness (QED) is 0.199. The third kappa shape index (κ3) is 5.50. The Bertz CT molecular complexity index is 1420. The highest BCUT2D eigenvalue weighted by molar-refractivity contribution is 6.30. The Balaban J connectivity index is 1.90. The van der Waals surface area contributed by atoms with Crippen LogP contribution in [0.1, 0.15) is 42.5 Å². The summed E-state index contributed by atoms with van der Waals surface area (Å²) in [6.07, 6.45) is 0.885. The van der Waals surface area contributed by atoms with Gasteiger partial charge in [0.25, 0.3) is 5.92 Å². The maximum atomic E-state index is 15.0. The highest BCUT2D eigenvalue weighted by Crippen LogP contribution is 2.43. The van der Waals surface area contributed by atoms with Gasteiger partial charge in [-0.05, 0) is 66.2 Å². The molecule has 3 nitrogen and oxygen atoms in total. The summed E-state index contributed by atoms with van der Waals surface area (Å²) in [6.45, 7) is 12.8. The number of alkyl halides is 2. The average molecular weight is 534 g/mol. The smallest absolute Gasteiger partial charge is 0.264 e. The number of rotatable bonds is 9. The van der Waals surface area contributed by atoms with Crippen LogP contribution in [0.2, 0.25) is 5.02 Å². The molecule has 0 amide bonds. The van der Waals surface area contributed by atoms with Crippen LogP contribution in [0.15, 0.2) is 113 Å². The molecule has 0 fully saturated rings. The number of halogens is 4. The fraction of sp³-hybridized carbons (Fsp3) is 0.161. The molecule has 7 heteroatoms. The van der Waals surface area contributed by atoms with Gasteiger partial charge in [0.15, 0.2) is 0 Å². The number of benzene rings is 3. The molecular formula is C31H27ClF3N3. The largest absolute Gasteiger partial charge is 0.292 e. The highest BCUT2D eigenvalue weighted by Gasteiger charge is 2.41. The van der Waals surface area contributed by atoms with Crippen molar-refractivity contribution in [2.45, 2.75) is 31.7 Å². The molecule has 0 spiro atoms. The third-order valence-electron chi connectivity index (χ3n) is 6.55. The summed E-state index contributed by atoms with van der Waals surface area (Å²) < 4.78 is 43.7. The van der Waals surface area contributed by atoms with E-state index < -0.39 is 29.9 Å². The molecule has 0 aliphatic carbocycles. The van der Waals surface area contributed by atoms with Gasteiger partial charge in [-0.15, -0.1) is 6.58 Å². The summed E-state index contributed by atoms with van der Waals surface area (Å²) in [7, 11) is 0. The Hall–Kier alpha value is -3.90. The number of nitrogens with zero attached hydrogens (tertiary/aromatic N) is 3. The summed E-state index contributed by atoms with van der Waals surface area (Å²) >= 11 is 6.16. The first-order valence-electron chi connectivity index (χ1n) is 12.0. The number of hydrogen-bond donors (Lipinski definition) is 0. The number of aliphatic imine (C=N–C) groups is 1. The molecule has 0 saturated heterocycles. The van der Waals surface area contributed by atoms with Gasteiger partial charge in [0.2, 0.25) is 0 Å². The van der Waals surface area contributed by atoms with Gasteiger partial charge in [-0.1, -0.05) is 66.7 Å². The zero-order valence-corrected chi connectivity index (χ0v) is 21.7. The molecule has 3 aromatic rings. The van der Waals surface area contributed by atoms with Gasteiger partial charge in [0, 0.05) is 23.4 Å². The van der Waals surface area contributed by atoms with Gasteiger partial charge in [-0.2, -0.15) is 13.9 Å². The monoisotopic (exact) mass is 533 g/mol. The third-order valence-corrected chi connectivity index (χ3v) is 6.80. The molecule has 0 radical (unpaired) electrons. The molecule has 0 bridgehead atoms. The van der Waals surface area contributed by atoms with Crippen LogP contribution in [-0.2, 0) is 0 Å². The first-order valence-corrected chi connectivity index (χ1v) is 12.4.